The van der Waals surface area contributed by atoms with Gasteiger partial charge in [-0.25, -0.2) is 14.2 Å². The lowest BCUT2D eigenvalue weighted by molar-refractivity contribution is -0.134. The average Bonchev–Trinajstić information content (AvgIpc) is 3.21. The first-order chi connectivity index (χ1) is 16.5. The molecule has 1 saturated heterocycles. The van der Waals surface area contributed by atoms with Crippen LogP contribution in [0.1, 0.15) is 77.0 Å². The maximum atomic E-state index is 14.0. The Kier molecular flexibility index (Phi) is 8.06. The number of amides is 2. The van der Waals surface area contributed by atoms with Crippen LogP contribution in [-0.2, 0) is 16.1 Å². The zero-order valence-electron chi connectivity index (χ0n) is 20.5. The summed E-state index contributed by atoms with van der Waals surface area (Å²) in [6, 6.07) is 4.98. The monoisotopic (exact) mass is 472 g/mol. The van der Waals surface area contributed by atoms with E-state index in [2.05, 4.69) is 11.5 Å². The van der Waals surface area contributed by atoms with E-state index in [1.54, 1.807) is 17.9 Å². The maximum Gasteiger partial charge on any atom is 0.409 e. The molecule has 8 heteroatoms. The van der Waals surface area contributed by atoms with Crippen LogP contribution in [0.15, 0.2) is 18.2 Å². The Labute approximate surface area is 201 Å². The number of fused-ring (bicyclic) bond motifs is 1. The Bertz CT molecular complexity index is 1000. The van der Waals surface area contributed by atoms with Crippen molar-refractivity contribution in [2.45, 2.75) is 83.7 Å². The van der Waals surface area contributed by atoms with Gasteiger partial charge in [0.15, 0.2) is 0 Å². The molecule has 1 aliphatic heterocycles. The van der Waals surface area contributed by atoms with Crippen molar-refractivity contribution in [3.63, 3.8) is 0 Å². The SMILES string of the molecule is CCOC(=O)N1CCCC(c2nc3cc(F)ccc3n2CCC(=O)N(CC)C2CCCCC2)C1. The quantitative estimate of drug-likeness (QED) is 0.563. The van der Waals surface area contributed by atoms with Gasteiger partial charge in [0.2, 0.25) is 5.91 Å². The normalized spacial score (nSPS) is 19.4. The minimum atomic E-state index is -0.328. The molecule has 2 amide bonds. The lowest BCUT2D eigenvalue weighted by Gasteiger charge is -2.34. The van der Waals surface area contributed by atoms with E-state index in [9.17, 15) is 14.0 Å². The van der Waals surface area contributed by atoms with E-state index in [1.807, 2.05) is 4.90 Å². The largest absolute Gasteiger partial charge is 0.450 e. The Balaban J connectivity index is 1.55. The lowest BCUT2D eigenvalue weighted by Crippen LogP contribution is -2.42. The molecule has 2 fully saturated rings. The van der Waals surface area contributed by atoms with Crippen LogP contribution in [-0.4, -0.2) is 63.6 Å². The first kappa shape index (κ1) is 24.5. The second-order valence-corrected chi connectivity index (χ2v) is 9.46. The average molecular weight is 473 g/mol. The van der Waals surface area contributed by atoms with Crippen LogP contribution < -0.4 is 0 Å². The Morgan fingerprint density at radius 1 is 1.15 bits per heavy atom. The highest BCUT2D eigenvalue weighted by Gasteiger charge is 2.30. The van der Waals surface area contributed by atoms with Crippen LogP contribution in [0.3, 0.4) is 0 Å². The maximum absolute atomic E-state index is 14.0. The number of ether oxygens (including phenoxy) is 1. The molecule has 2 aliphatic rings. The summed E-state index contributed by atoms with van der Waals surface area (Å²) < 4.78 is 21.2. The zero-order valence-corrected chi connectivity index (χ0v) is 20.5. The molecule has 0 spiro atoms. The Morgan fingerprint density at radius 2 is 1.94 bits per heavy atom. The van der Waals surface area contributed by atoms with Gasteiger partial charge in [0.05, 0.1) is 17.6 Å². The number of carbonyl (C=O) groups excluding carboxylic acids is 2. The summed E-state index contributed by atoms with van der Waals surface area (Å²) in [5.74, 6) is 0.680. The van der Waals surface area contributed by atoms with Crippen molar-refractivity contribution >= 4 is 23.0 Å². The molecule has 2 aromatic rings. The summed E-state index contributed by atoms with van der Waals surface area (Å²) in [7, 11) is 0. The van der Waals surface area contributed by atoms with Gasteiger partial charge in [-0.3, -0.25) is 4.79 Å². The zero-order chi connectivity index (χ0) is 24.1. The molecule has 4 rings (SSSR count). The fourth-order valence-corrected chi connectivity index (χ4v) is 5.62. The van der Waals surface area contributed by atoms with Crippen molar-refractivity contribution in [1.82, 2.24) is 19.4 Å². The van der Waals surface area contributed by atoms with Gasteiger partial charge in [-0.2, -0.15) is 0 Å². The van der Waals surface area contributed by atoms with Gasteiger partial charge in [-0.1, -0.05) is 19.3 Å². The summed E-state index contributed by atoms with van der Waals surface area (Å²) in [5.41, 5.74) is 1.42. The van der Waals surface area contributed by atoms with E-state index >= 15 is 0 Å². The number of carbonyl (C=O) groups is 2. The molecule has 0 bridgehead atoms. The van der Waals surface area contributed by atoms with Crippen LogP contribution in [0.2, 0.25) is 0 Å². The minimum absolute atomic E-state index is 0.0179. The van der Waals surface area contributed by atoms with Crippen molar-refractivity contribution in [2.24, 2.45) is 0 Å². The fraction of sp³-hybridized carbons (Fsp3) is 0.654. The van der Waals surface area contributed by atoms with Gasteiger partial charge in [0.25, 0.3) is 0 Å². The molecule has 0 radical (unpaired) electrons. The fourth-order valence-electron chi connectivity index (χ4n) is 5.62. The summed E-state index contributed by atoms with van der Waals surface area (Å²) in [5, 5.41) is 0. The Hall–Kier alpha value is -2.64. The predicted octanol–water partition coefficient (Wildman–Crippen LogP) is 5.08. The number of benzene rings is 1. The van der Waals surface area contributed by atoms with E-state index in [0.717, 1.165) is 43.6 Å². The molecule has 1 aromatic carbocycles. The minimum Gasteiger partial charge on any atom is -0.450 e. The second kappa shape index (κ2) is 11.2. The van der Waals surface area contributed by atoms with Crippen LogP contribution >= 0.6 is 0 Å². The smallest absolute Gasteiger partial charge is 0.409 e. The summed E-state index contributed by atoms with van der Waals surface area (Å²) in [6.45, 7) is 6.60. The molecular formula is C26H37FN4O3. The first-order valence-corrected chi connectivity index (χ1v) is 12.9. The summed E-state index contributed by atoms with van der Waals surface area (Å²) in [6.07, 6.45) is 7.63. The molecule has 1 aromatic heterocycles. The third kappa shape index (κ3) is 5.36. The molecular weight excluding hydrogens is 435 g/mol. The highest BCUT2D eigenvalue weighted by Crippen LogP contribution is 2.31. The number of imidazole rings is 1. The molecule has 34 heavy (non-hydrogen) atoms. The predicted molar refractivity (Wildman–Crippen MR) is 129 cm³/mol. The molecule has 1 atom stereocenters. The third-order valence-corrected chi connectivity index (χ3v) is 7.28. The van der Waals surface area contributed by atoms with Crippen LogP contribution in [0.25, 0.3) is 11.0 Å². The number of hydrogen-bond donors (Lipinski definition) is 0. The molecule has 186 valence electrons. The number of aryl methyl sites for hydroxylation is 1. The van der Waals surface area contributed by atoms with Crippen molar-refractivity contribution in [3.8, 4) is 0 Å². The van der Waals surface area contributed by atoms with Gasteiger partial charge < -0.3 is 19.1 Å². The van der Waals surface area contributed by atoms with E-state index < -0.39 is 0 Å². The molecule has 0 N–H and O–H groups in total. The van der Waals surface area contributed by atoms with Gasteiger partial charge in [0, 0.05) is 50.6 Å². The number of likely N-dealkylation sites (tertiary alicyclic amines) is 1. The molecule has 7 nitrogen and oxygen atoms in total. The van der Waals surface area contributed by atoms with Gasteiger partial charge >= 0.3 is 6.09 Å². The highest BCUT2D eigenvalue weighted by atomic mass is 19.1. The van der Waals surface area contributed by atoms with E-state index in [-0.39, 0.29) is 23.7 Å². The number of piperidine rings is 1. The van der Waals surface area contributed by atoms with Crippen LogP contribution in [0.5, 0.6) is 0 Å². The highest BCUT2D eigenvalue weighted by molar-refractivity contribution is 5.78. The third-order valence-electron chi connectivity index (χ3n) is 7.28. The number of nitrogens with zero attached hydrogens (tertiary/aromatic N) is 4. The number of hydrogen-bond acceptors (Lipinski definition) is 4. The second-order valence-electron chi connectivity index (χ2n) is 9.46. The van der Waals surface area contributed by atoms with Crippen molar-refractivity contribution in [2.75, 3.05) is 26.2 Å². The van der Waals surface area contributed by atoms with Crippen LogP contribution in [0, 0.1) is 5.82 Å². The van der Waals surface area contributed by atoms with Crippen molar-refractivity contribution in [3.05, 3.63) is 29.8 Å². The number of halogens is 1. The molecule has 1 unspecified atom stereocenters. The van der Waals surface area contributed by atoms with E-state index in [0.29, 0.717) is 44.2 Å². The summed E-state index contributed by atoms with van der Waals surface area (Å²) in [4.78, 5) is 34.1. The number of aromatic nitrogens is 2. The van der Waals surface area contributed by atoms with Gasteiger partial charge in [0.1, 0.15) is 11.6 Å². The lowest BCUT2D eigenvalue weighted by atomic mass is 9.94. The molecule has 1 saturated carbocycles. The van der Waals surface area contributed by atoms with Gasteiger partial charge in [-0.05, 0) is 51.7 Å². The van der Waals surface area contributed by atoms with Crippen molar-refractivity contribution < 1.29 is 18.7 Å². The topological polar surface area (TPSA) is 67.7 Å². The van der Waals surface area contributed by atoms with E-state index in [4.69, 9.17) is 9.72 Å². The number of rotatable bonds is 7. The Morgan fingerprint density at radius 3 is 2.68 bits per heavy atom. The van der Waals surface area contributed by atoms with Crippen molar-refractivity contribution in [1.29, 1.82) is 0 Å². The van der Waals surface area contributed by atoms with Gasteiger partial charge in [-0.15, -0.1) is 0 Å². The molecule has 1 aliphatic carbocycles. The summed E-state index contributed by atoms with van der Waals surface area (Å²) >= 11 is 0. The molecule has 2 heterocycles. The standard InChI is InChI=1S/C26H37FN4O3/c1-3-30(21-10-6-5-7-11-21)24(32)14-16-31-23-13-12-20(27)17-22(23)28-25(31)19-9-8-15-29(18-19)26(33)34-4-2/h12-13,17,19,21H,3-11,14-16,18H2,1-2H3. The van der Waals surface area contributed by atoms with E-state index in [1.165, 1.54) is 31.4 Å². The van der Waals surface area contributed by atoms with Crippen LogP contribution in [0.4, 0.5) is 9.18 Å². The first-order valence-electron chi connectivity index (χ1n) is 12.9.